The van der Waals surface area contributed by atoms with Gasteiger partial charge in [0.25, 0.3) is 0 Å². The normalized spacial score (nSPS) is 17.3. The summed E-state index contributed by atoms with van der Waals surface area (Å²) < 4.78 is 10.7. The number of aryl methyl sites for hydroxylation is 1. The molecule has 0 radical (unpaired) electrons. The van der Waals surface area contributed by atoms with E-state index in [4.69, 9.17) is 9.47 Å². The van der Waals surface area contributed by atoms with E-state index in [9.17, 15) is 0 Å². The van der Waals surface area contributed by atoms with Crippen molar-refractivity contribution in [2.75, 3.05) is 20.3 Å². The molecular formula is C13H20O2. The fourth-order valence-corrected chi connectivity index (χ4v) is 1.55. The van der Waals surface area contributed by atoms with Gasteiger partial charge in [0, 0.05) is 7.11 Å². The summed E-state index contributed by atoms with van der Waals surface area (Å²) in [4.78, 5) is 0. The lowest BCUT2D eigenvalue weighted by Gasteiger charge is -2.40. The molecule has 2 rings (SSSR count). The van der Waals surface area contributed by atoms with Crippen LogP contribution in [0.25, 0.3) is 0 Å². The van der Waals surface area contributed by atoms with Crippen molar-refractivity contribution in [1.82, 2.24) is 0 Å². The summed E-state index contributed by atoms with van der Waals surface area (Å²) in [5.41, 5.74) is 2.32. The summed E-state index contributed by atoms with van der Waals surface area (Å²) in [6.07, 6.45) is 0. The number of hydrogen-bond donors (Lipinski definition) is 0. The molecule has 0 aliphatic carbocycles. The van der Waals surface area contributed by atoms with Crippen LogP contribution in [-0.4, -0.2) is 20.3 Å². The average Bonchev–Trinajstić information content (AvgIpc) is 2.23. The monoisotopic (exact) mass is 208 g/mol. The van der Waals surface area contributed by atoms with E-state index in [0.29, 0.717) is 13.2 Å². The quantitative estimate of drug-likeness (QED) is 0.744. The van der Waals surface area contributed by atoms with Crippen LogP contribution in [0.4, 0.5) is 0 Å². The Morgan fingerprint density at radius 3 is 2.00 bits per heavy atom. The number of methoxy groups -OCH3 is 1. The lowest BCUT2D eigenvalue weighted by Crippen LogP contribution is -2.48. The van der Waals surface area contributed by atoms with Crippen LogP contribution in [0, 0.1) is 6.92 Å². The van der Waals surface area contributed by atoms with E-state index in [1.54, 1.807) is 7.11 Å². The number of rotatable bonds is 2. The van der Waals surface area contributed by atoms with Crippen molar-refractivity contribution in [2.24, 2.45) is 0 Å². The van der Waals surface area contributed by atoms with Crippen LogP contribution in [0.3, 0.4) is 0 Å². The maximum Gasteiger partial charge on any atom is 0.139 e. The van der Waals surface area contributed by atoms with E-state index in [-0.39, 0.29) is 5.60 Å². The van der Waals surface area contributed by atoms with Gasteiger partial charge in [-0.05, 0) is 12.5 Å². The van der Waals surface area contributed by atoms with E-state index >= 15 is 0 Å². The van der Waals surface area contributed by atoms with Gasteiger partial charge in [-0.3, -0.25) is 0 Å². The molecule has 84 valence electrons. The molecule has 0 amide bonds. The minimum Gasteiger partial charge on any atom is -0.375 e. The second kappa shape index (κ2) is 5.29. The Balaban J connectivity index is 0.000000531. The summed E-state index contributed by atoms with van der Waals surface area (Å²) >= 11 is 0. The van der Waals surface area contributed by atoms with Crippen molar-refractivity contribution in [3.05, 3.63) is 35.4 Å². The van der Waals surface area contributed by atoms with Crippen LogP contribution >= 0.6 is 0 Å². The van der Waals surface area contributed by atoms with Crippen LogP contribution < -0.4 is 0 Å². The van der Waals surface area contributed by atoms with Gasteiger partial charge in [-0.25, -0.2) is 0 Å². The van der Waals surface area contributed by atoms with Gasteiger partial charge >= 0.3 is 0 Å². The molecule has 1 aromatic rings. The average molecular weight is 208 g/mol. The summed E-state index contributed by atoms with van der Waals surface area (Å²) in [7, 11) is 1.74. The van der Waals surface area contributed by atoms with E-state index in [1.165, 1.54) is 11.1 Å². The topological polar surface area (TPSA) is 18.5 Å². The molecule has 1 aromatic carbocycles. The Hall–Kier alpha value is -0.860. The van der Waals surface area contributed by atoms with E-state index < -0.39 is 0 Å². The Morgan fingerprint density at radius 1 is 1.13 bits per heavy atom. The third kappa shape index (κ3) is 2.39. The van der Waals surface area contributed by atoms with Gasteiger partial charge in [-0.1, -0.05) is 43.7 Å². The van der Waals surface area contributed by atoms with Crippen molar-refractivity contribution in [3.63, 3.8) is 0 Å². The van der Waals surface area contributed by atoms with E-state index in [1.807, 2.05) is 13.8 Å². The van der Waals surface area contributed by atoms with Crippen molar-refractivity contribution in [1.29, 1.82) is 0 Å². The van der Waals surface area contributed by atoms with Gasteiger partial charge in [-0.2, -0.15) is 0 Å². The number of benzene rings is 1. The van der Waals surface area contributed by atoms with Crippen molar-refractivity contribution < 1.29 is 9.47 Å². The first-order valence-electron chi connectivity index (χ1n) is 5.47. The molecule has 2 nitrogen and oxygen atoms in total. The minimum absolute atomic E-state index is 0.173. The zero-order valence-electron chi connectivity index (χ0n) is 10.0. The van der Waals surface area contributed by atoms with Crippen LogP contribution in [-0.2, 0) is 15.1 Å². The highest BCUT2D eigenvalue weighted by molar-refractivity contribution is 5.28. The van der Waals surface area contributed by atoms with Crippen molar-refractivity contribution >= 4 is 0 Å². The second-order valence-electron chi connectivity index (χ2n) is 3.56. The smallest absolute Gasteiger partial charge is 0.139 e. The predicted octanol–water partition coefficient (Wildman–Crippen LogP) is 2.89. The molecule has 0 saturated carbocycles. The molecule has 0 unspecified atom stereocenters. The summed E-state index contributed by atoms with van der Waals surface area (Å²) in [5, 5.41) is 0. The zero-order valence-corrected chi connectivity index (χ0v) is 10.0. The summed E-state index contributed by atoms with van der Waals surface area (Å²) in [5.74, 6) is 0. The van der Waals surface area contributed by atoms with E-state index in [0.717, 1.165) is 0 Å². The highest BCUT2D eigenvalue weighted by Crippen LogP contribution is 2.32. The van der Waals surface area contributed by atoms with Crippen LogP contribution in [0.2, 0.25) is 0 Å². The fraction of sp³-hybridized carbons (Fsp3) is 0.538. The van der Waals surface area contributed by atoms with Gasteiger partial charge in [0.1, 0.15) is 5.60 Å². The minimum atomic E-state index is -0.173. The number of hydrogen-bond acceptors (Lipinski definition) is 2. The van der Waals surface area contributed by atoms with E-state index in [2.05, 4.69) is 31.2 Å². The Bertz CT molecular complexity index is 280. The first-order chi connectivity index (χ1) is 7.27. The molecule has 1 fully saturated rings. The zero-order chi connectivity index (χ0) is 11.3. The largest absolute Gasteiger partial charge is 0.375 e. The first-order valence-corrected chi connectivity index (χ1v) is 5.47. The predicted molar refractivity (Wildman–Crippen MR) is 62.0 cm³/mol. The highest BCUT2D eigenvalue weighted by atomic mass is 16.6. The molecule has 0 aromatic heterocycles. The molecule has 2 heteroatoms. The lowest BCUT2D eigenvalue weighted by atomic mass is 9.91. The molecule has 0 spiro atoms. The highest BCUT2D eigenvalue weighted by Gasteiger charge is 2.40. The third-order valence-corrected chi connectivity index (χ3v) is 2.64. The molecule has 0 bridgehead atoms. The standard InChI is InChI=1S/C11H14O2.C2H6/c1-9-3-5-10(6-4-9)11(12-2)7-13-8-11;1-2/h3-6H,7-8H2,1-2H3;1-2H3. The maximum atomic E-state index is 5.47. The fourth-order valence-electron chi connectivity index (χ4n) is 1.55. The molecule has 1 aliphatic heterocycles. The number of ether oxygens (including phenoxy) is 2. The molecule has 0 N–H and O–H groups in total. The van der Waals surface area contributed by atoms with Crippen molar-refractivity contribution in [2.45, 2.75) is 26.4 Å². The summed E-state index contributed by atoms with van der Waals surface area (Å²) in [6, 6.07) is 8.44. The first kappa shape index (κ1) is 12.2. The van der Waals surface area contributed by atoms with Crippen LogP contribution in [0.1, 0.15) is 25.0 Å². The molecular weight excluding hydrogens is 188 g/mol. The second-order valence-corrected chi connectivity index (χ2v) is 3.56. The molecule has 15 heavy (non-hydrogen) atoms. The third-order valence-electron chi connectivity index (χ3n) is 2.64. The lowest BCUT2D eigenvalue weighted by molar-refractivity contribution is -0.202. The maximum absolute atomic E-state index is 5.47. The van der Waals surface area contributed by atoms with Gasteiger partial charge in [0.15, 0.2) is 0 Å². The Labute approximate surface area is 92.2 Å². The van der Waals surface area contributed by atoms with Gasteiger partial charge < -0.3 is 9.47 Å². The van der Waals surface area contributed by atoms with Gasteiger partial charge in [-0.15, -0.1) is 0 Å². The van der Waals surface area contributed by atoms with Gasteiger partial charge in [0.05, 0.1) is 13.2 Å². The van der Waals surface area contributed by atoms with Crippen LogP contribution in [0.5, 0.6) is 0 Å². The molecule has 1 aliphatic rings. The van der Waals surface area contributed by atoms with Crippen LogP contribution in [0.15, 0.2) is 24.3 Å². The Kier molecular flexibility index (Phi) is 4.30. The van der Waals surface area contributed by atoms with Crippen molar-refractivity contribution in [3.8, 4) is 0 Å². The van der Waals surface area contributed by atoms with Gasteiger partial charge in [0.2, 0.25) is 0 Å². The Morgan fingerprint density at radius 2 is 1.67 bits per heavy atom. The molecule has 1 saturated heterocycles. The summed E-state index contributed by atoms with van der Waals surface area (Å²) in [6.45, 7) is 7.43. The SMILES string of the molecule is CC.COC1(c2ccc(C)cc2)COC1. The molecule has 0 atom stereocenters. The molecule has 1 heterocycles.